The van der Waals surface area contributed by atoms with Gasteiger partial charge in [0.2, 0.25) is 10.0 Å². The largest absolute Gasteiger partial charge is 0.327 e. The van der Waals surface area contributed by atoms with Crippen LogP contribution >= 0.6 is 12.4 Å². The van der Waals surface area contributed by atoms with E-state index in [0.29, 0.717) is 25.2 Å². The highest BCUT2D eigenvalue weighted by atomic mass is 35.5. The molecule has 1 saturated heterocycles. The van der Waals surface area contributed by atoms with Crippen molar-refractivity contribution in [1.82, 2.24) is 19.1 Å². The summed E-state index contributed by atoms with van der Waals surface area (Å²) in [5, 5.41) is 5.05. The smallest absolute Gasteiger partial charge is 0.244 e. The molecular weight excluding hydrogens is 350 g/mol. The maximum Gasteiger partial charge on any atom is 0.244 e. The summed E-state index contributed by atoms with van der Waals surface area (Å²) in [5.74, 6) is 0. The van der Waals surface area contributed by atoms with Gasteiger partial charge in [-0.2, -0.15) is 9.40 Å². The van der Waals surface area contributed by atoms with Crippen LogP contribution in [0.5, 0.6) is 0 Å². The van der Waals surface area contributed by atoms with E-state index in [1.54, 1.807) is 17.8 Å². The fraction of sp³-hybridized carbons (Fsp3) is 0.600. The quantitative estimate of drug-likeness (QED) is 0.859. The van der Waals surface area contributed by atoms with Crippen molar-refractivity contribution in [2.24, 2.45) is 18.2 Å². The van der Waals surface area contributed by atoms with E-state index in [0.717, 1.165) is 11.1 Å². The number of hydrogen-bond donors (Lipinski definition) is 1. The van der Waals surface area contributed by atoms with Gasteiger partial charge in [0.25, 0.3) is 0 Å². The molecule has 0 amide bonds. The van der Waals surface area contributed by atoms with Crippen molar-refractivity contribution in [3.8, 4) is 0 Å². The number of sulfonamides is 1. The van der Waals surface area contributed by atoms with Crippen LogP contribution in [-0.2, 0) is 17.1 Å². The van der Waals surface area contributed by atoms with Gasteiger partial charge in [-0.1, -0.05) is 13.8 Å². The van der Waals surface area contributed by atoms with Gasteiger partial charge in [-0.15, -0.1) is 12.4 Å². The summed E-state index contributed by atoms with van der Waals surface area (Å²) in [5.41, 5.74) is 7.32. The highest BCUT2D eigenvalue weighted by Crippen LogP contribution is 2.31. The number of nitrogens with two attached hydrogens (primary N) is 1. The first-order valence-electron chi connectivity index (χ1n) is 7.68. The van der Waals surface area contributed by atoms with E-state index >= 15 is 0 Å². The van der Waals surface area contributed by atoms with Crippen molar-refractivity contribution in [3.63, 3.8) is 0 Å². The average Bonchev–Trinajstić information content (AvgIpc) is 2.76. The third-order valence-electron chi connectivity index (χ3n) is 4.75. The van der Waals surface area contributed by atoms with Crippen LogP contribution < -0.4 is 5.73 Å². The molecule has 0 aliphatic carbocycles. The highest BCUT2D eigenvalue weighted by Gasteiger charge is 2.39. The molecule has 0 radical (unpaired) electrons. The van der Waals surface area contributed by atoms with Gasteiger partial charge in [0, 0.05) is 37.8 Å². The number of rotatable bonds is 2. The second kappa shape index (κ2) is 6.25. The maximum absolute atomic E-state index is 13.0. The number of halogens is 1. The minimum Gasteiger partial charge on any atom is -0.327 e. The summed E-state index contributed by atoms with van der Waals surface area (Å²) in [6.07, 6.45) is 2.08. The predicted octanol–water partition coefficient (Wildman–Crippen LogP) is 1.45. The van der Waals surface area contributed by atoms with Gasteiger partial charge in [-0.05, 0) is 24.8 Å². The molecule has 3 heterocycles. The fourth-order valence-corrected chi connectivity index (χ4v) is 4.71. The third kappa shape index (κ3) is 3.03. The van der Waals surface area contributed by atoms with E-state index in [9.17, 15) is 8.42 Å². The second-order valence-electron chi connectivity index (χ2n) is 6.97. The molecule has 134 valence electrons. The van der Waals surface area contributed by atoms with Crippen LogP contribution in [-0.4, -0.2) is 46.6 Å². The molecule has 2 aromatic rings. The van der Waals surface area contributed by atoms with Gasteiger partial charge in [-0.3, -0.25) is 4.68 Å². The van der Waals surface area contributed by atoms with Crippen LogP contribution in [0.4, 0.5) is 0 Å². The summed E-state index contributed by atoms with van der Waals surface area (Å²) in [6.45, 7) is 6.72. The van der Waals surface area contributed by atoms with Crippen molar-refractivity contribution >= 4 is 33.5 Å². The van der Waals surface area contributed by atoms with Gasteiger partial charge < -0.3 is 5.73 Å². The minimum absolute atomic E-state index is 0. The SMILES string of the molecule is Cc1nn(C)c2ncc(S(=O)(=O)N3CCC(N)C(C)(C)C3)cc12.Cl. The molecule has 0 aromatic carbocycles. The number of aromatic nitrogens is 3. The highest BCUT2D eigenvalue weighted by molar-refractivity contribution is 7.89. The molecule has 1 unspecified atom stereocenters. The third-order valence-corrected chi connectivity index (χ3v) is 6.56. The Hall–Kier alpha value is -1.22. The standard InChI is InChI=1S/C15H23N5O2S.ClH/c1-10-12-7-11(8-17-14(12)19(4)18-10)23(21,22)20-6-5-13(16)15(2,3)9-20;/h7-8,13H,5-6,9,16H2,1-4H3;1H. The Morgan fingerprint density at radius 2 is 2.04 bits per heavy atom. The van der Waals surface area contributed by atoms with Gasteiger partial charge in [0.15, 0.2) is 5.65 Å². The normalized spacial score (nSPS) is 21.6. The predicted molar refractivity (Wildman–Crippen MR) is 95.6 cm³/mol. The lowest BCUT2D eigenvalue weighted by molar-refractivity contribution is 0.155. The van der Waals surface area contributed by atoms with Gasteiger partial charge in [0.1, 0.15) is 4.90 Å². The van der Waals surface area contributed by atoms with E-state index in [1.807, 2.05) is 20.8 Å². The fourth-order valence-electron chi connectivity index (χ4n) is 3.11. The van der Waals surface area contributed by atoms with E-state index in [2.05, 4.69) is 10.1 Å². The Bertz CT molecular complexity index is 862. The zero-order valence-corrected chi connectivity index (χ0v) is 16.0. The molecule has 2 N–H and O–H groups in total. The average molecular weight is 374 g/mol. The Morgan fingerprint density at radius 1 is 1.38 bits per heavy atom. The number of piperidine rings is 1. The summed E-state index contributed by atoms with van der Waals surface area (Å²) in [6, 6.07) is 1.68. The molecule has 24 heavy (non-hydrogen) atoms. The molecular formula is C15H24ClN5O2S. The summed E-state index contributed by atoms with van der Waals surface area (Å²) >= 11 is 0. The van der Waals surface area contributed by atoms with Crippen molar-refractivity contribution in [2.75, 3.05) is 13.1 Å². The van der Waals surface area contributed by atoms with E-state index < -0.39 is 10.0 Å². The molecule has 7 nitrogen and oxygen atoms in total. The number of aryl methyl sites for hydroxylation is 2. The van der Waals surface area contributed by atoms with Crippen LogP contribution in [0, 0.1) is 12.3 Å². The van der Waals surface area contributed by atoms with Crippen molar-refractivity contribution in [1.29, 1.82) is 0 Å². The Kier molecular flexibility index (Phi) is 4.98. The number of fused-ring (bicyclic) bond motifs is 1. The molecule has 1 atom stereocenters. The van der Waals surface area contributed by atoms with E-state index in [-0.39, 0.29) is 28.8 Å². The molecule has 2 aromatic heterocycles. The topological polar surface area (TPSA) is 94.1 Å². The number of pyridine rings is 1. The molecule has 1 fully saturated rings. The Morgan fingerprint density at radius 3 is 2.67 bits per heavy atom. The van der Waals surface area contributed by atoms with E-state index in [1.165, 1.54) is 10.5 Å². The molecule has 9 heteroatoms. The first-order valence-corrected chi connectivity index (χ1v) is 9.12. The second-order valence-corrected chi connectivity index (χ2v) is 8.91. The van der Waals surface area contributed by atoms with Crippen LogP contribution in [0.2, 0.25) is 0 Å². The molecule has 0 bridgehead atoms. The molecule has 0 saturated carbocycles. The lowest BCUT2D eigenvalue weighted by atomic mass is 9.81. The number of nitrogens with zero attached hydrogens (tertiary/aromatic N) is 4. The molecule has 0 spiro atoms. The van der Waals surface area contributed by atoms with Crippen LogP contribution in [0.15, 0.2) is 17.2 Å². The maximum atomic E-state index is 13.0. The Labute approximate surface area is 148 Å². The van der Waals surface area contributed by atoms with E-state index in [4.69, 9.17) is 5.73 Å². The lowest BCUT2D eigenvalue weighted by Crippen LogP contribution is -2.53. The van der Waals surface area contributed by atoms with Crippen molar-refractivity contribution < 1.29 is 8.42 Å². The van der Waals surface area contributed by atoms with Gasteiger partial charge >= 0.3 is 0 Å². The zero-order chi connectivity index (χ0) is 17.0. The first kappa shape index (κ1) is 19.1. The van der Waals surface area contributed by atoms with Gasteiger partial charge in [-0.25, -0.2) is 13.4 Å². The van der Waals surface area contributed by atoms with Crippen LogP contribution in [0.1, 0.15) is 26.0 Å². The van der Waals surface area contributed by atoms with Gasteiger partial charge in [0.05, 0.1) is 5.69 Å². The van der Waals surface area contributed by atoms with Crippen LogP contribution in [0.3, 0.4) is 0 Å². The zero-order valence-electron chi connectivity index (χ0n) is 14.4. The molecule has 1 aliphatic heterocycles. The summed E-state index contributed by atoms with van der Waals surface area (Å²) in [4.78, 5) is 4.50. The minimum atomic E-state index is -3.58. The first-order chi connectivity index (χ1) is 10.6. The van der Waals surface area contributed by atoms with Crippen molar-refractivity contribution in [2.45, 2.75) is 38.1 Å². The molecule has 3 rings (SSSR count). The summed E-state index contributed by atoms with van der Waals surface area (Å²) < 4.78 is 29.1. The Balaban J connectivity index is 0.00000208. The monoisotopic (exact) mass is 373 g/mol. The van der Waals surface area contributed by atoms with Crippen molar-refractivity contribution in [3.05, 3.63) is 18.0 Å². The number of hydrogen-bond acceptors (Lipinski definition) is 5. The van der Waals surface area contributed by atoms with Crippen LogP contribution in [0.25, 0.3) is 11.0 Å². The lowest BCUT2D eigenvalue weighted by Gasteiger charge is -2.41. The summed E-state index contributed by atoms with van der Waals surface area (Å²) in [7, 11) is -1.78. The molecule has 1 aliphatic rings.